The molecule has 0 aromatic carbocycles. The number of allylic oxidation sites excluding steroid dienone is 2. The fourth-order valence-electron chi connectivity index (χ4n) is 0.570. The molecule has 0 aromatic rings. The van der Waals surface area contributed by atoms with Crippen molar-refractivity contribution in [2.75, 3.05) is 0 Å². The summed E-state index contributed by atoms with van der Waals surface area (Å²) >= 11 is 0. The van der Waals surface area contributed by atoms with E-state index in [2.05, 4.69) is 0 Å². The second-order valence-corrected chi connectivity index (χ2v) is 2.28. The molecule has 0 heterocycles. The summed E-state index contributed by atoms with van der Waals surface area (Å²) in [5.41, 5.74) is 0. The van der Waals surface area contributed by atoms with Crippen LogP contribution in [0.4, 0.5) is 0 Å². The summed E-state index contributed by atoms with van der Waals surface area (Å²) in [6.07, 6.45) is 1.31. The summed E-state index contributed by atoms with van der Waals surface area (Å²) in [7, 11) is 0. The Balaban J connectivity index is 4.30. The Bertz CT molecular complexity index is 312. The molecule has 3 N–H and O–H groups in total. The van der Waals surface area contributed by atoms with Gasteiger partial charge in [-0.3, -0.25) is 9.59 Å². The van der Waals surface area contributed by atoms with E-state index in [1.165, 1.54) is 0 Å². The van der Waals surface area contributed by atoms with Gasteiger partial charge in [0.15, 0.2) is 5.78 Å². The lowest BCUT2D eigenvalue weighted by atomic mass is 10.2. The van der Waals surface area contributed by atoms with Crippen molar-refractivity contribution in [2.45, 2.75) is 6.42 Å². The van der Waals surface area contributed by atoms with Crippen LogP contribution in [0.25, 0.3) is 0 Å². The number of aliphatic carboxylic acids is 2. The van der Waals surface area contributed by atoms with Gasteiger partial charge in [0, 0.05) is 12.2 Å². The number of carbonyl (C=O) groups is 3. The highest BCUT2D eigenvalue weighted by molar-refractivity contribution is 6.01. The van der Waals surface area contributed by atoms with Crippen molar-refractivity contribution in [1.29, 1.82) is 0 Å². The largest absolute Gasteiger partial charge is 0.508 e. The number of carboxylic acids is 2. The number of aliphatic hydroxyl groups excluding tert-OH is 1. The van der Waals surface area contributed by atoms with E-state index in [9.17, 15) is 14.4 Å². The molecule has 0 fully saturated rings. The van der Waals surface area contributed by atoms with Crippen LogP contribution in [-0.4, -0.2) is 33.0 Å². The van der Waals surface area contributed by atoms with Crippen LogP contribution in [0.1, 0.15) is 6.42 Å². The Labute approximate surface area is 78.8 Å². The first kappa shape index (κ1) is 11.9. The van der Waals surface area contributed by atoms with Crippen molar-refractivity contribution in [2.24, 2.45) is 0 Å². The number of ketones is 1. The molecule has 6 nitrogen and oxygen atoms in total. The maximum Gasteiger partial charge on any atom is 0.328 e. The van der Waals surface area contributed by atoms with E-state index in [0.29, 0.717) is 12.2 Å². The fourth-order valence-corrected chi connectivity index (χ4v) is 0.570. The van der Waals surface area contributed by atoms with E-state index >= 15 is 0 Å². The van der Waals surface area contributed by atoms with Gasteiger partial charge in [0.2, 0.25) is 0 Å². The molecule has 6 heteroatoms. The standard InChI is InChI=1S/C8H8O6/c9-5(1-2-7(11)12)3-6(10)4-8(13)14/h1-3,9H,4H2,(H,11,12)(H,13,14). The molecule has 0 aliphatic rings. The minimum absolute atomic E-state index is 0.598. The van der Waals surface area contributed by atoms with Gasteiger partial charge in [0.1, 0.15) is 12.2 Å². The normalized spacial score (nSPS) is 11.6. The molecule has 0 atom stereocenters. The Hall–Kier alpha value is -2.11. The molecule has 0 rings (SSSR count). The molecule has 0 saturated carbocycles. The third-order valence-electron chi connectivity index (χ3n) is 1.03. The summed E-state index contributed by atoms with van der Waals surface area (Å²) in [6.45, 7) is 0. The summed E-state index contributed by atoms with van der Waals surface area (Å²) in [5.74, 6) is -4.01. The number of rotatable bonds is 5. The van der Waals surface area contributed by atoms with Crippen molar-refractivity contribution < 1.29 is 29.7 Å². The number of hydrogen-bond acceptors (Lipinski definition) is 4. The number of aliphatic hydroxyl groups is 1. The second kappa shape index (κ2) is 5.52. The molecule has 14 heavy (non-hydrogen) atoms. The molecule has 0 aliphatic carbocycles. The maximum absolute atomic E-state index is 10.7. The van der Waals surface area contributed by atoms with Gasteiger partial charge in [0.25, 0.3) is 0 Å². The van der Waals surface area contributed by atoms with Gasteiger partial charge in [0.05, 0.1) is 0 Å². The topological polar surface area (TPSA) is 112 Å². The first-order chi connectivity index (χ1) is 6.41. The molecule has 0 radical (unpaired) electrons. The average Bonchev–Trinajstić information content (AvgIpc) is 1.98. The van der Waals surface area contributed by atoms with E-state index in [1.54, 1.807) is 0 Å². The van der Waals surface area contributed by atoms with Gasteiger partial charge in [-0.1, -0.05) is 0 Å². The molecule has 0 bridgehead atoms. The minimum Gasteiger partial charge on any atom is -0.508 e. The van der Waals surface area contributed by atoms with E-state index in [1.807, 2.05) is 0 Å². The number of carboxylic acid groups (broad SMARTS) is 2. The fraction of sp³-hybridized carbons (Fsp3) is 0.125. The smallest absolute Gasteiger partial charge is 0.328 e. The predicted molar refractivity (Wildman–Crippen MR) is 44.7 cm³/mol. The van der Waals surface area contributed by atoms with Gasteiger partial charge >= 0.3 is 11.9 Å². The van der Waals surface area contributed by atoms with Crippen LogP contribution in [-0.2, 0) is 14.4 Å². The lowest BCUT2D eigenvalue weighted by Crippen LogP contribution is -2.04. The molecular weight excluding hydrogens is 192 g/mol. The summed E-state index contributed by atoms with van der Waals surface area (Å²) in [6, 6.07) is 0. The zero-order valence-corrected chi connectivity index (χ0v) is 7.01. The molecular formula is C8H8O6. The monoisotopic (exact) mass is 200 g/mol. The molecule has 0 amide bonds. The first-order valence-electron chi connectivity index (χ1n) is 3.48. The lowest BCUT2D eigenvalue weighted by Gasteiger charge is -1.90. The van der Waals surface area contributed by atoms with E-state index in [0.717, 1.165) is 6.08 Å². The molecule has 0 saturated heterocycles. The van der Waals surface area contributed by atoms with Gasteiger partial charge in [-0.2, -0.15) is 0 Å². The molecule has 0 unspecified atom stereocenters. The minimum atomic E-state index is -1.32. The maximum atomic E-state index is 10.7. The molecule has 76 valence electrons. The zero-order valence-electron chi connectivity index (χ0n) is 7.01. The average molecular weight is 200 g/mol. The number of carbonyl (C=O) groups excluding carboxylic acids is 1. The predicted octanol–water partition coefficient (Wildman–Crippen LogP) is 0.113. The van der Waals surface area contributed by atoms with Crippen molar-refractivity contribution in [3.05, 3.63) is 24.0 Å². The van der Waals surface area contributed by atoms with E-state index in [-0.39, 0.29) is 0 Å². The lowest BCUT2D eigenvalue weighted by molar-refractivity contribution is -0.139. The third kappa shape index (κ3) is 6.59. The van der Waals surface area contributed by atoms with Crippen LogP contribution in [0, 0.1) is 0 Å². The molecule has 0 aromatic heterocycles. The van der Waals surface area contributed by atoms with Crippen molar-refractivity contribution in [3.8, 4) is 0 Å². The summed E-state index contributed by atoms with van der Waals surface area (Å²) in [4.78, 5) is 30.7. The van der Waals surface area contributed by atoms with E-state index < -0.39 is 29.9 Å². The third-order valence-corrected chi connectivity index (χ3v) is 1.03. The Morgan fingerprint density at radius 1 is 1.00 bits per heavy atom. The summed E-state index contributed by atoms with van der Waals surface area (Å²) in [5, 5.41) is 25.2. The van der Waals surface area contributed by atoms with Crippen LogP contribution >= 0.6 is 0 Å². The van der Waals surface area contributed by atoms with E-state index in [4.69, 9.17) is 15.3 Å². The van der Waals surface area contributed by atoms with Gasteiger partial charge in [-0.25, -0.2) is 4.79 Å². The van der Waals surface area contributed by atoms with Crippen LogP contribution in [0.3, 0.4) is 0 Å². The highest BCUT2D eigenvalue weighted by Crippen LogP contribution is 1.94. The molecule has 0 aliphatic heterocycles. The van der Waals surface area contributed by atoms with Crippen LogP contribution in [0.2, 0.25) is 0 Å². The van der Waals surface area contributed by atoms with Gasteiger partial charge in [-0.15, -0.1) is 0 Å². The van der Waals surface area contributed by atoms with Gasteiger partial charge in [-0.05, 0) is 6.08 Å². The molecule has 0 spiro atoms. The number of hydrogen-bond donors (Lipinski definition) is 3. The SMILES string of the molecule is O=C(O)C=CC(O)=CC(=O)CC(=O)O. The van der Waals surface area contributed by atoms with Crippen molar-refractivity contribution in [1.82, 2.24) is 0 Å². The van der Waals surface area contributed by atoms with Crippen molar-refractivity contribution in [3.63, 3.8) is 0 Å². The van der Waals surface area contributed by atoms with Crippen molar-refractivity contribution >= 4 is 17.7 Å². The highest BCUT2D eigenvalue weighted by atomic mass is 16.4. The quantitative estimate of drug-likeness (QED) is 0.251. The summed E-state index contributed by atoms with van der Waals surface area (Å²) < 4.78 is 0. The van der Waals surface area contributed by atoms with Crippen LogP contribution in [0.15, 0.2) is 24.0 Å². The highest BCUT2D eigenvalue weighted by Gasteiger charge is 2.04. The first-order valence-corrected chi connectivity index (χ1v) is 3.48. The van der Waals surface area contributed by atoms with Crippen LogP contribution in [0.5, 0.6) is 0 Å². The second-order valence-electron chi connectivity index (χ2n) is 2.28. The Morgan fingerprint density at radius 2 is 1.57 bits per heavy atom. The van der Waals surface area contributed by atoms with Crippen LogP contribution < -0.4 is 0 Å². The van der Waals surface area contributed by atoms with Gasteiger partial charge < -0.3 is 15.3 Å². The zero-order chi connectivity index (χ0) is 11.1. The Morgan fingerprint density at radius 3 is 2.00 bits per heavy atom. The Kier molecular flexibility index (Phi) is 4.69.